The molecule has 152 valence electrons. The number of anilines is 1. The second-order valence-corrected chi connectivity index (χ2v) is 10.5. The van der Waals surface area contributed by atoms with Gasteiger partial charge in [0, 0.05) is 34.7 Å². The van der Waals surface area contributed by atoms with Crippen molar-refractivity contribution in [3.8, 4) is 0 Å². The number of hydrogen-bond acceptors (Lipinski definition) is 4. The van der Waals surface area contributed by atoms with E-state index in [0.29, 0.717) is 27.0 Å². The minimum absolute atomic E-state index is 0.0951. The van der Waals surface area contributed by atoms with E-state index in [1.54, 1.807) is 36.4 Å². The number of hydrogen-bond donors (Lipinski definition) is 0. The number of rotatable bonds is 4. The molecule has 0 N–H and O–H groups in total. The first-order valence-electron chi connectivity index (χ1n) is 9.64. The Bertz CT molecular complexity index is 1140. The first-order chi connectivity index (χ1) is 13.8. The SMILES string of the molecule is CC1CCN(c2c(S(=O)(=O)Cc3ccc(Cl)cc3)cnc3cc(Cl)ccc23)CC1. The van der Waals surface area contributed by atoms with E-state index in [-0.39, 0.29) is 10.6 Å². The van der Waals surface area contributed by atoms with Crippen molar-refractivity contribution in [3.63, 3.8) is 0 Å². The predicted molar refractivity (Wildman–Crippen MR) is 120 cm³/mol. The molecule has 29 heavy (non-hydrogen) atoms. The van der Waals surface area contributed by atoms with Crippen LogP contribution in [0, 0.1) is 5.92 Å². The highest BCUT2D eigenvalue weighted by Crippen LogP contribution is 2.37. The molecule has 3 aromatic rings. The number of fused-ring (bicyclic) bond motifs is 1. The summed E-state index contributed by atoms with van der Waals surface area (Å²) in [5.41, 5.74) is 2.15. The van der Waals surface area contributed by atoms with E-state index in [4.69, 9.17) is 23.2 Å². The maximum atomic E-state index is 13.4. The van der Waals surface area contributed by atoms with E-state index in [9.17, 15) is 8.42 Å². The number of halogens is 2. The van der Waals surface area contributed by atoms with Crippen molar-refractivity contribution in [2.45, 2.75) is 30.4 Å². The molecule has 4 nitrogen and oxygen atoms in total. The lowest BCUT2D eigenvalue weighted by Gasteiger charge is -2.34. The van der Waals surface area contributed by atoms with Crippen LogP contribution in [0.15, 0.2) is 53.6 Å². The van der Waals surface area contributed by atoms with Crippen molar-refractivity contribution >= 4 is 49.6 Å². The normalized spacial score (nSPS) is 15.8. The predicted octanol–water partition coefficient (Wildman–Crippen LogP) is 5.75. The number of pyridine rings is 1. The second kappa shape index (κ2) is 8.13. The van der Waals surface area contributed by atoms with Crippen LogP contribution < -0.4 is 4.90 Å². The molecule has 0 atom stereocenters. The van der Waals surface area contributed by atoms with Crippen molar-refractivity contribution in [1.29, 1.82) is 0 Å². The second-order valence-electron chi connectivity index (χ2n) is 7.69. The third-order valence-electron chi connectivity index (χ3n) is 5.47. The third-order valence-corrected chi connectivity index (χ3v) is 7.64. The largest absolute Gasteiger partial charge is 0.370 e. The Morgan fingerprint density at radius 3 is 2.38 bits per heavy atom. The molecule has 0 saturated carbocycles. The highest BCUT2D eigenvalue weighted by Gasteiger charge is 2.27. The molecule has 2 aromatic carbocycles. The average Bonchev–Trinajstić information content (AvgIpc) is 2.69. The van der Waals surface area contributed by atoms with Gasteiger partial charge in [-0.15, -0.1) is 0 Å². The maximum Gasteiger partial charge on any atom is 0.186 e. The van der Waals surface area contributed by atoms with Crippen LogP contribution in [0.1, 0.15) is 25.3 Å². The summed E-state index contributed by atoms with van der Waals surface area (Å²) in [5.74, 6) is 0.547. The van der Waals surface area contributed by atoms with Crippen LogP contribution in [-0.2, 0) is 15.6 Å². The zero-order valence-corrected chi connectivity index (χ0v) is 18.4. The van der Waals surface area contributed by atoms with Gasteiger partial charge >= 0.3 is 0 Å². The lowest BCUT2D eigenvalue weighted by atomic mass is 9.98. The van der Waals surface area contributed by atoms with Crippen LogP contribution in [0.2, 0.25) is 10.0 Å². The third kappa shape index (κ3) is 4.37. The van der Waals surface area contributed by atoms with E-state index in [1.165, 1.54) is 6.20 Å². The summed E-state index contributed by atoms with van der Waals surface area (Å²) in [4.78, 5) is 6.89. The Morgan fingerprint density at radius 2 is 1.69 bits per heavy atom. The van der Waals surface area contributed by atoms with E-state index in [0.717, 1.165) is 37.0 Å². The fourth-order valence-electron chi connectivity index (χ4n) is 3.80. The quantitative estimate of drug-likeness (QED) is 0.509. The molecule has 4 rings (SSSR count). The molecule has 1 aromatic heterocycles. The van der Waals surface area contributed by atoms with Crippen LogP contribution in [0.4, 0.5) is 5.69 Å². The van der Waals surface area contributed by atoms with Crippen LogP contribution >= 0.6 is 23.2 Å². The summed E-state index contributed by atoms with van der Waals surface area (Å²) in [6.45, 7) is 3.89. The van der Waals surface area contributed by atoms with Crippen molar-refractivity contribution < 1.29 is 8.42 Å². The number of aromatic nitrogens is 1. The van der Waals surface area contributed by atoms with Crippen molar-refractivity contribution in [1.82, 2.24) is 4.98 Å². The molecule has 0 bridgehead atoms. The molecule has 1 aliphatic heterocycles. The van der Waals surface area contributed by atoms with Gasteiger partial charge in [-0.1, -0.05) is 42.3 Å². The number of benzene rings is 2. The number of piperidine rings is 1. The Balaban J connectivity index is 1.83. The highest BCUT2D eigenvalue weighted by molar-refractivity contribution is 7.90. The van der Waals surface area contributed by atoms with Gasteiger partial charge in [-0.05, 0) is 54.7 Å². The molecule has 1 fully saturated rings. The molecule has 0 amide bonds. The molecule has 1 saturated heterocycles. The van der Waals surface area contributed by atoms with Gasteiger partial charge in [-0.25, -0.2) is 8.42 Å². The standard InChI is InChI=1S/C22H22Cl2N2O2S/c1-15-8-10-26(11-9-15)22-19-7-6-18(24)12-20(19)25-13-21(22)29(27,28)14-16-2-4-17(23)5-3-16/h2-7,12-13,15H,8-11,14H2,1H3. The van der Waals surface area contributed by atoms with E-state index < -0.39 is 9.84 Å². The summed E-state index contributed by atoms with van der Waals surface area (Å²) in [6.07, 6.45) is 3.55. The highest BCUT2D eigenvalue weighted by atomic mass is 35.5. The average molecular weight is 449 g/mol. The maximum absolute atomic E-state index is 13.4. The lowest BCUT2D eigenvalue weighted by molar-refractivity contribution is 0.437. The monoisotopic (exact) mass is 448 g/mol. The molecule has 0 radical (unpaired) electrons. The van der Waals surface area contributed by atoms with Crippen LogP contribution in [0.25, 0.3) is 10.9 Å². The summed E-state index contributed by atoms with van der Waals surface area (Å²) in [6, 6.07) is 12.4. The summed E-state index contributed by atoms with van der Waals surface area (Å²) >= 11 is 12.1. The Labute approximate surface area is 181 Å². The first kappa shape index (κ1) is 20.5. The molecule has 0 unspecified atom stereocenters. The van der Waals surface area contributed by atoms with Crippen LogP contribution in [-0.4, -0.2) is 26.5 Å². The van der Waals surface area contributed by atoms with Crippen LogP contribution in [0.3, 0.4) is 0 Å². The molecular weight excluding hydrogens is 427 g/mol. The minimum Gasteiger partial charge on any atom is -0.370 e. The fraction of sp³-hybridized carbons (Fsp3) is 0.318. The van der Waals surface area contributed by atoms with E-state index in [2.05, 4.69) is 16.8 Å². The van der Waals surface area contributed by atoms with Gasteiger partial charge in [0.15, 0.2) is 9.84 Å². The van der Waals surface area contributed by atoms with E-state index >= 15 is 0 Å². The Hall–Kier alpha value is -1.82. The lowest BCUT2D eigenvalue weighted by Crippen LogP contribution is -2.34. The topological polar surface area (TPSA) is 50.3 Å². The number of nitrogens with zero attached hydrogens (tertiary/aromatic N) is 2. The van der Waals surface area contributed by atoms with Crippen LogP contribution in [0.5, 0.6) is 0 Å². The summed E-state index contributed by atoms with van der Waals surface area (Å²) in [5, 5.41) is 1.99. The van der Waals surface area contributed by atoms with Gasteiger partial charge in [-0.2, -0.15) is 0 Å². The first-order valence-corrected chi connectivity index (χ1v) is 12.0. The van der Waals surface area contributed by atoms with Crippen molar-refractivity contribution in [2.24, 2.45) is 5.92 Å². The molecule has 1 aliphatic rings. The zero-order valence-electron chi connectivity index (χ0n) is 16.1. The fourth-order valence-corrected chi connectivity index (χ4v) is 5.62. The molecule has 2 heterocycles. The molecular formula is C22H22Cl2N2O2S. The molecule has 0 spiro atoms. The van der Waals surface area contributed by atoms with Gasteiger partial charge < -0.3 is 4.90 Å². The number of sulfone groups is 1. The van der Waals surface area contributed by atoms with Crippen molar-refractivity contribution in [2.75, 3.05) is 18.0 Å². The Morgan fingerprint density at radius 1 is 1.03 bits per heavy atom. The van der Waals surface area contributed by atoms with Gasteiger partial charge in [-0.3, -0.25) is 4.98 Å². The van der Waals surface area contributed by atoms with E-state index in [1.807, 2.05) is 6.07 Å². The van der Waals surface area contributed by atoms with Gasteiger partial charge in [0.1, 0.15) is 4.90 Å². The molecule has 0 aliphatic carbocycles. The van der Waals surface area contributed by atoms with Gasteiger partial charge in [0.05, 0.1) is 17.0 Å². The van der Waals surface area contributed by atoms with Crippen molar-refractivity contribution in [3.05, 3.63) is 64.3 Å². The Kier molecular flexibility index (Phi) is 5.74. The summed E-state index contributed by atoms with van der Waals surface area (Å²) < 4.78 is 26.8. The minimum atomic E-state index is -3.60. The molecule has 7 heteroatoms. The smallest absolute Gasteiger partial charge is 0.186 e. The zero-order chi connectivity index (χ0) is 20.6. The van der Waals surface area contributed by atoms with Gasteiger partial charge in [0.25, 0.3) is 0 Å². The summed E-state index contributed by atoms with van der Waals surface area (Å²) in [7, 11) is -3.60. The van der Waals surface area contributed by atoms with Gasteiger partial charge in [0.2, 0.25) is 0 Å².